The molecule has 2 saturated heterocycles. The Morgan fingerprint density at radius 3 is 2.71 bits per heavy atom. The van der Waals surface area contributed by atoms with Crippen LogP contribution in [0, 0.1) is 0 Å². The summed E-state index contributed by atoms with van der Waals surface area (Å²) in [7, 11) is 0. The van der Waals surface area contributed by atoms with E-state index in [1.807, 2.05) is 0 Å². The van der Waals surface area contributed by atoms with Crippen LogP contribution in [0.4, 0.5) is 0 Å². The van der Waals surface area contributed by atoms with Gasteiger partial charge >= 0.3 is 0 Å². The maximum atomic E-state index is 11.7. The summed E-state index contributed by atoms with van der Waals surface area (Å²) in [5.41, 5.74) is 0. The Morgan fingerprint density at radius 2 is 2.07 bits per heavy atom. The average Bonchev–Trinajstić information content (AvgIpc) is 2.72. The SMILES string of the molecule is O=C(NC1CCOCC1)[C@@H]1CCCN1. The summed E-state index contributed by atoms with van der Waals surface area (Å²) in [5, 5.41) is 6.28. The first-order chi connectivity index (χ1) is 6.86. The third kappa shape index (κ3) is 2.45. The summed E-state index contributed by atoms with van der Waals surface area (Å²) in [5.74, 6) is 0.175. The molecule has 0 saturated carbocycles. The Bertz CT molecular complexity index is 196. The maximum absolute atomic E-state index is 11.7. The number of ether oxygens (including phenoxy) is 1. The number of rotatable bonds is 2. The van der Waals surface area contributed by atoms with Crippen LogP contribution in [0.15, 0.2) is 0 Å². The van der Waals surface area contributed by atoms with E-state index in [2.05, 4.69) is 10.6 Å². The lowest BCUT2D eigenvalue weighted by atomic mass is 10.1. The van der Waals surface area contributed by atoms with E-state index in [0.717, 1.165) is 45.4 Å². The lowest BCUT2D eigenvalue weighted by Gasteiger charge is -2.24. The lowest BCUT2D eigenvalue weighted by molar-refractivity contribution is -0.124. The fourth-order valence-electron chi connectivity index (χ4n) is 2.05. The highest BCUT2D eigenvalue weighted by Gasteiger charge is 2.24. The number of hydrogen-bond acceptors (Lipinski definition) is 3. The minimum atomic E-state index is 0.0536. The molecule has 4 nitrogen and oxygen atoms in total. The van der Waals surface area contributed by atoms with E-state index in [-0.39, 0.29) is 11.9 Å². The topological polar surface area (TPSA) is 50.4 Å². The number of amides is 1. The van der Waals surface area contributed by atoms with Crippen LogP contribution in [0.3, 0.4) is 0 Å². The molecule has 2 aliphatic heterocycles. The van der Waals surface area contributed by atoms with Gasteiger partial charge in [-0.25, -0.2) is 0 Å². The van der Waals surface area contributed by atoms with Gasteiger partial charge in [0, 0.05) is 19.3 Å². The molecule has 0 aliphatic carbocycles. The predicted octanol–water partition coefficient (Wildman–Crippen LogP) is 0.0336. The second-order valence-corrected chi connectivity index (χ2v) is 4.04. The Balaban J connectivity index is 1.75. The Hall–Kier alpha value is -0.610. The summed E-state index contributed by atoms with van der Waals surface area (Å²) in [6.45, 7) is 2.54. The van der Waals surface area contributed by atoms with Crippen molar-refractivity contribution in [1.82, 2.24) is 10.6 Å². The van der Waals surface area contributed by atoms with Gasteiger partial charge in [-0.1, -0.05) is 0 Å². The lowest BCUT2D eigenvalue weighted by Crippen LogP contribution is -2.46. The highest BCUT2D eigenvalue weighted by Crippen LogP contribution is 2.09. The molecule has 0 spiro atoms. The molecule has 0 aromatic heterocycles. The van der Waals surface area contributed by atoms with Crippen molar-refractivity contribution in [2.75, 3.05) is 19.8 Å². The van der Waals surface area contributed by atoms with E-state index in [1.165, 1.54) is 0 Å². The van der Waals surface area contributed by atoms with Crippen molar-refractivity contribution in [2.24, 2.45) is 0 Å². The predicted molar refractivity (Wildman–Crippen MR) is 53.0 cm³/mol. The van der Waals surface area contributed by atoms with Crippen molar-refractivity contribution in [3.63, 3.8) is 0 Å². The van der Waals surface area contributed by atoms with Crippen LogP contribution in [-0.2, 0) is 9.53 Å². The molecule has 2 N–H and O–H groups in total. The molecule has 0 radical (unpaired) electrons. The smallest absolute Gasteiger partial charge is 0.237 e. The normalized spacial score (nSPS) is 29.0. The van der Waals surface area contributed by atoms with E-state index in [9.17, 15) is 4.79 Å². The van der Waals surface area contributed by atoms with Gasteiger partial charge in [-0.3, -0.25) is 4.79 Å². The number of nitrogens with one attached hydrogen (secondary N) is 2. The molecule has 0 aromatic rings. The minimum Gasteiger partial charge on any atom is -0.381 e. The fourth-order valence-corrected chi connectivity index (χ4v) is 2.05. The number of carbonyl (C=O) groups is 1. The van der Waals surface area contributed by atoms with Crippen molar-refractivity contribution in [3.05, 3.63) is 0 Å². The minimum absolute atomic E-state index is 0.0536. The molecule has 0 aromatic carbocycles. The monoisotopic (exact) mass is 198 g/mol. The first kappa shape index (κ1) is 9.93. The fraction of sp³-hybridized carbons (Fsp3) is 0.900. The number of hydrogen-bond donors (Lipinski definition) is 2. The summed E-state index contributed by atoms with van der Waals surface area (Å²) in [4.78, 5) is 11.7. The van der Waals surface area contributed by atoms with Gasteiger partial charge in [-0.15, -0.1) is 0 Å². The molecule has 2 heterocycles. The Kier molecular flexibility index (Phi) is 3.37. The molecule has 0 bridgehead atoms. The summed E-state index contributed by atoms with van der Waals surface area (Å²) in [6, 6.07) is 0.386. The third-order valence-electron chi connectivity index (χ3n) is 2.94. The molecule has 0 unspecified atom stereocenters. The first-order valence-electron chi connectivity index (χ1n) is 5.48. The van der Waals surface area contributed by atoms with Gasteiger partial charge in [0.25, 0.3) is 0 Å². The third-order valence-corrected chi connectivity index (χ3v) is 2.94. The first-order valence-corrected chi connectivity index (χ1v) is 5.48. The summed E-state index contributed by atoms with van der Waals surface area (Å²) < 4.78 is 5.24. The Labute approximate surface area is 84.4 Å². The molecule has 2 aliphatic rings. The van der Waals surface area contributed by atoms with Gasteiger partial charge in [-0.2, -0.15) is 0 Å². The number of carbonyl (C=O) groups excluding carboxylic acids is 1. The van der Waals surface area contributed by atoms with E-state index in [0.29, 0.717) is 6.04 Å². The van der Waals surface area contributed by atoms with E-state index in [1.54, 1.807) is 0 Å². The van der Waals surface area contributed by atoms with Crippen LogP contribution in [0.25, 0.3) is 0 Å². The molecule has 14 heavy (non-hydrogen) atoms. The van der Waals surface area contributed by atoms with Crippen LogP contribution >= 0.6 is 0 Å². The highest BCUT2D eigenvalue weighted by molar-refractivity contribution is 5.82. The van der Waals surface area contributed by atoms with Crippen molar-refractivity contribution < 1.29 is 9.53 Å². The molecule has 2 fully saturated rings. The molecule has 1 atom stereocenters. The van der Waals surface area contributed by atoms with Crippen molar-refractivity contribution >= 4 is 5.91 Å². The maximum Gasteiger partial charge on any atom is 0.237 e. The zero-order valence-corrected chi connectivity index (χ0v) is 8.42. The van der Waals surface area contributed by atoms with Gasteiger partial charge < -0.3 is 15.4 Å². The summed E-state index contributed by atoms with van der Waals surface area (Å²) >= 11 is 0. The van der Waals surface area contributed by atoms with E-state index >= 15 is 0 Å². The molecular formula is C10H18N2O2. The molecular weight excluding hydrogens is 180 g/mol. The van der Waals surface area contributed by atoms with Crippen LogP contribution in [0.5, 0.6) is 0 Å². The quantitative estimate of drug-likeness (QED) is 0.658. The van der Waals surface area contributed by atoms with Gasteiger partial charge in [0.1, 0.15) is 0 Å². The zero-order valence-electron chi connectivity index (χ0n) is 8.42. The molecule has 4 heteroatoms. The van der Waals surface area contributed by atoms with Crippen LogP contribution < -0.4 is 10.6 Å². The standard InChI is InChI=1S/C10H18N2O2/c13-10(9-2-1-5-11-9)12-8-3-6-14-7-4-8/h8-9,11H,1-7H2,(H,12,13)/t9-/m0/s1. The largest absolute Gasteiger partial charge is 0.381 e. The van der Waals surface area contributed by atoms with Gasteiger partial charge in [0.2, 0.25) is 5.91 Å². The second kappa shape index (κ2) is 4.75. The van der Waals surface area contributed by atoms with Crippen LogP contribution in [0.2, 0.25) is 0 Å². The second-order valence-electron chi connectivity index (χ2n) is 4.04. The van der Waals surface area contributed by atoms with Crippen molar-refractivity contribution in [2.45, 2.75) is 37.8 Å². The van der Waals surface area contributed by atoms with Crippen LogP contribution in [-0.4, -0.2) is 37.7 Å². The van der Waals surface area contributed by atoms with Gasteiger partial charge in [0.05, 0.1) is 6.04 Å². The van der Waals surface area contributed by atoms with Gasteiger partial charge in [-0.05, 0) is 32.2 Å². The van der Waals surface area contributed by atoms with E-state index < -0.39 is 0 Å². The average molecular weight is 198 g/mol. The van der Waals surface area contributed by atoms with Crippen molar-refractivity contribution in [3.8, 4) is 0 Å². The molecule has 1 amide bonds. The highest BCUT2D eigenvalue weighted by atomic mass is 16.5. The zero-order chi connectivity index (χ0) is 9.80. The molecule has 2 rings (SSSR count). The van der Waals surface area contributed by atoms with Crippen LogP contribution in [0.1, 0.15) is 25.7 Å². The van der Waals surface area contributed by atoms with Crippen molar-refractivity contribution in [1.29, 1.82) is 0 Å². The summed E-state index contributed by atoms with van der Waals surface area (Å²) in [6.07, 6.45) is 4.01. The Morgan fingerprint density at radius 1 is 1.29 bits per heavy atom. The van der Waals surface area contributed by atoms with Gasteiger partial charge in [0.15, 0.2) is 0 Å². The molecule has 80 valence electrons. The van der Waals surface area contributed by atoms with E-state index in [4.69, 9.17) is 4.74 Å².